The van der Waals surface area contributed by atoms with E-state index in [1.165, 1.54) is 23.3 Å². The Morgan fingerprint density at radius 3 is 2.61 bits per heavy atom. The van der Waals surface area contributed by atoms with E-state index in [1.807, 2.05) is 12.1 Å². The average Bonchev–Trinajstić information content (AvgIpc) is 2.38. The van der Waals surface area contributed by atoms with Crippen molar-refractivity contribution in [2.45, 2.75) is 19.8 Å². The quantitative estimate of drug-likeness (QED) is 0.662. The second kappa shape index (κ2) is 5.65. The number of benzene rings is 2. The Morgan fingerprint density at radius 1 is 1.17 bits per heavy atom. The number of fused-ring (bicyclic) bond motifs is 1. The lowest BCUT2D eigenvalue weighted by Crippen LogP contribution is -2.25. The summed E-state index contributed by atoms with van der Waals surface area (Å²) in [5.41, 5.74) is 1.23. The first-order valence-electron chi connectivity index (χ1n) is 6.11. The number of rotatable bonds is 4. The van der Waals surface area contributed by atoms with Gasteiger partial charge in [0.05, 0.1) is 0 Å². The molecule has 0 unspecified atom stereocenters. The first-order chi connectivity index (χ1) is 8.66. The summed E-state index contributed by atoms with van der Waals surface area (Å²) in [7, 11) is 0. The van der Waals surface area contributed by atoms with Crippen LogP contribution in [-0.2, 0) is 11.2 Å². The maximum absolute atomic E-state index is 10.8. The van der Waals surface area contributed by atoms with E-state index in [-0.39, 0.29) is 5.91 Å². The lowest BCUT2D eigenvalue weighted by atomic mass is 10.0. The molecule has 0 aromatic heterocycles. The number of hydroxylamine groups is 2. The molecule has 0 spiro atoms. The maximum atomic E-state index is 10.8. The number of hydrogen-bond donors (Lipinski definition) is 1. The van der Waals surface area contributed by atoms with Crippen LogP contribution < -0.4 is 0 Å². The average molecular weight is 243 g/mol. The van der Waals surface area contributed by atoms with Crippen molar-refractivity contribution >= 4 is 16.7 Å². The van der Waals surface area contributed by atoms with Crippen LogP contribution >= 0.6 is 0 Å². The predicted molar refractivity (Wildman–Crippen MR) is 71.4 cm³/mol. The molecule has 0 saturated heterocycles. The predicted octanol–water partition coefficient (Wildman–Crippen LogP) is 3.01. The van der Waals surface area contributed by atoms with E-state index >= 15 is 0 Å². The van der Waals surface area contributed by atoms with Crippen molar-refractivity contribution < 1.29 is 10.0 Å². The zero-order chi connectivity index (χ0) is 13.0. The smallest absolute Gasteiger partial charge is 0.242 e. The minimum absolute atomic E-state index is 0.312. The second-order valence-electron chi connectivity index (χ2n) is 4.43. The van der Waals surface area contributed by atoms with E-state index in [0.717, 1.165) is 17.9 Å². The van der Waals surface area contributed by atoms with Crippen LogP contribution in [0.2, 0.25) is 0 Å². The van der Waals surface area contributed by atoms with Crippen molar-refractivity contribution in [2.75, 3.05) is 6.54 Å². The molecule has 0 aliphatic heterocycles. The van der Waals surface area contributed by atoms with Crippen LogP contribution in [0.1, 0.15) is 18.9 Å². The molecule has 0 aliphatic carbocycles. The third kappa shape index (κ3) is 3.08. The maximum Gasteiger partial charge on any atom is 0.242 e. The Balaban J connectivity index is 1.98. The van der Waals surface area contributed by atoms with Gasteiger partial charge in [-0.15, -0.1) is 0 Å². The van der Waals surface area contributed by atoms with Gasteiger partial charge in [0.25, 0.3) is 0 Å². The Morgan fingerprint density at radius 2 is 1.89 bits per heavy atom. The molecule has 2 aromatic rings. The van der Waals surface area contributed by atoms with Crippen LogP contribution in [0.3, 0.4) is 0 Å². The number of hydrogen-bond acceptors (Lipinski definition) is 2. The molecule has 1 N–H and O–H groups in total. The Kier molecular flexibility index (Phi) is 3.95. The summed E-state index contributed by atoms with van der Waals surface area (Å²) in [6.07, 6.45) is 1.61. The molecule has 2 aromatic carbocycles. The summed E-state index contributed by atoms with van der Waals surface area (Å²) in [5, 5.41) is 12.5. The van der Waals surface area contributed by atoms with Gasteiger partial charge in [0, 0.05) is 13.5 Å². The first kappa shape index (κ1) is 12.6. The molecule has 0 aliphatic rings. The molecular weight excluding hydrogens is 226 g/mol. The van der Waals surface area contributed by atoms with Crippen LogP contribution in [0, 0.1) is 0 Å². The Hall–Kier alpha value is -1.87. The molecule has 0 radical (unpaired) electrons. The van der Waals surface area contributed by atoms with Crippen LogP contribution in [0.15, 0.2) is 42.5 Å². The van der Waals surface area contributed by atoms with E-state index in [1.54, 1.807) is 0 Å². The van der Waals surface area contributed by atoms with Gasteiger partial charge in [-0.1, -0.05) is 42.5 Å². The lowest BCUT2D eigenvalue weighted by molar-refractivity contribution is -0.162. The fraction of sp³-hybridized carbons (Fsp3) is 0.267. The monoisotopic (exact) mass is 243 g/mol. The van der Waals surface area contributed by atoms with Gasteiger partial charge >= 0.3 is 0 Å². The number of carbonyl (C=O) groups excluding carboxylic acids is 1. The lowest BCUT2D eigenvalue weighted by Gasteiger charge is -2.12. The van der Waals surface area contributed by atoms with Crippen LogP contribution in [-0.4, -0.2) is 22.7 Å². The minimum Gasteiger partial charge on any atom is -0.286 e. The van der Waals surface area contributed by atoms with Gasteiger partial charge in [0.15, 0.2) is 0 Å². The zero-order valence-electron chi connectivity index (χ0n) is 10.5. The van der Waals surface area contributed by atoms with Crippen molar-refractivity contribution in [2.24, 2.45) is 0 Å². The Bertz CT molecular complexity index is 551. The molecule has 18 heavy (non-hydrogen) atoms. The van der Waals surface area contributed by atoms with Gasteiger partial charge in [-0.3, -0.25) is 10.0 Å². The van der Waals surface area contributed by atoms with Gasteiger partial charge in [-0.05, 0) is 29.2 Å². The van der Waals surface area contributed by atoms with Crippen molar-refractivity contribution in [3.05, 3.63) is 48.0 Å². The number of aryl methyl sites for hydroxylation is 1. The van der Waals surface area contributed by atoms with Gasteiger partial charge in [0.2, 0.25) is 5.91 Å². The topological polar surface area (TPSA) is 40.5 Å². The fourth-order valence-corrected chi connectivity index (χ4v) is 1.98. The van der Waals surface area contributed by atoms with Gasteiger partial charge in [-0.2, -0.15) is 0 Å². The van der Waals surface area contributed by atoms with Crippen LogP contribution in [0.4, 0.5) is 0 Å². The molecule has 3 nitrogen and oxygen atoms in total. The van der Waals surface area contributed by atoms with E-state index in [2.05, 4.69) is 30.3 Å². The normalized spacial score (nSPS) is 10.6. The molecule has 1 amide bonds. The third-order valence-corrected chi connectivity index (χ3v) is 3.01. The van der Waals surface area contributed by atoms with Crippen LogP contribution in [0.5, 0.6) is 0 Å². The summed E-state index contributed by atoms with van der Waals surface area (Å²) in [6.45, 7) is 1.73. The Labute approximate surface area is 107 Å². The molecule has 0 atom stereocenters. The third-order valence-electron chi connectivity index (χ3n) is 3.01. The van der Waals surface area contributed by atoms with Crippen molar-refractivity contribution in [1.82, 2.24) is 5.06 Å². The van der Waals surface area contributed by atoms with Gasteiger partial charge < -0.3 is 0 Å². The number of carbonyl (C=O) groups is 1. The standard InChI is InChI=1S/C15H17NO2/c1-12(17)16(18)10-4-5-13-8-9-14-6-2-3-7-15(14)11-13/h2-3,6-9,11,18H,4-5,10H2,1H3. The number of nitrogens with zero attached hydrogens (tertiary/aromatic N) is 1. The van der Waals surface area contributed by atoms with Crippen molar-refractivity contribution in [1.29, 1.82) is 0 Å². The van der Waals surface area contributed by atoms with Crippen LogP contribution in [0.25, 0.3) is 10.8 Å². The largest absolute Gasteiger partial charge is 0.286 e. The second-order valence-corrected chi connectivity index (χ2v) is 4.43. The molecule has 0 heterocycles. The SMILES string of the molecule is CC(=O)N(O)CCCc1ccc2ccccc2c1. The van der Waals surface area contributed by atoms with E-state index < -0.39 is 0 Å². The summed E-state index contributed by atoms with van der Waals surface area (Å²) < 4.78 is 0. The fourth-order valence-electron chi connectivity index (χ4n) is 1.98. The molecule has 0 fully saturated rings. The summed E-state index contributed by atoms with van der Waals surface area (Å²) in [6, 6.07) is 14.6. The highest BCUT2D eigenvalue weighted by Gasteiger charge is 2.03. The van der Waals surface area contributed by atoms with Crippen molar-refractivity contribution in [3.63, 3.8) is 0 Å². The zero-order valence-corrected chi connectivity index (χ0v) is 10.5. The molecule has 0 bridgehead atoms. The van der Waals surface area contributed by atoms with Gasteiger partial charge in [0.1, 0.15) is 0 Å². The molecule has 3 heteroatoms. The molecule has 2 rings (SSSR count). The summed E-state index contributed by atoms with van der Waals surface area (Å²) >= 11 is 0. The number of amides is 1. The van der Waals surface area contributed by atoms with E-state index in [0.29, 0.717) is 6.54 Å². The first-order valence-corrected chi connectivity index (χ1v) is 6.11. The molecule has 94 valence electrons. The van der Waals surface area contributed by atoms with E-state index in [4.69, 9.17) is 0 Å². The molecular formula is C15H17NO2. The highest BCUT2D eigenvalue weighted by Crippen LogP contribution is 2.16. The van der Waals surface area contributed by atoms with E-state index in [9.17, 15) is 10.0 Å². The van der Waals surface area contributed by atoms with Crippen molar-refractivity contribution in [3.8, 4) is 0 Å². The molecule has 0 saturated carbocycles. The highest BCUT2D eigenvalue weighted by molar-refractivity contribution is 5.82. The van der Waals surface area contributed by atoms with Gasteiger partial charge in [-0.25, -0.2) is 5.06 Å². The highest BCUT2D eigenvalue weighted by atomic mass is 16.5. The summed E-state index contributed by atoms with van der Waals surface area (Å²) in [5.74, 6) is -0.312. The minimum atomic E-state index is -0.312. The summed E-state index contributed by atoms with van der Waals surface area (Å²) in [4.78, 5) is 10.8.